The maximum atomic E-state index is 12.0. The van der Waals surface area contributed by atoms with E-state index >= 15 is 0 Å². The zero-order chi connectivity index (χ0) is 16.3. The molecule has 0 spiro atoms. The summed E-state index contributed by atoms with van der Waals surface area (Å²) in [6.45, 7) is 3.49. The average Bonchev–Trinajstić information content (AvgIpc) is 2.95. The molecule has 1 aromatic heterocycles. The molecule has 4 N–H and O–H groups in total. The molecule has 3 atom stereocenters. The first kappa shape index (κ1) is 16.6. The Morgan fingerprint density at radius 1 is 1.64 bits per heavy atom. The molecule has 9 nitrogen and oxygen atoms in total. The highest BCUT2D eigenvalue weighted by Gasteiger charge is 2.27. The number of aliphatic hydroxyl groups excluding tert-OH is 1. The molecule has 22 heavy (non-hydrogen) atoms. The monoisotopic (exact) mass is 312 g/mol. The van der Waals surface area contributed by atoms with Crippen molar-refractivity contribution >= 4 is 11.7 Å². The molecule has 1 aliphatic rings. The predicted molar refractivity (Wildman–Crippen MR) is 76.9 cm³/mol. The van der Waals surface area contributed by atoms with Gasteiger partial charge in [-0.3, -0.25) is 9.36 Å². The molecule has 1 amide bonds. The molecule has 2 rings (SSSR count). The van der Waals surface area contributed by atoms with Crippen LogP contribution >= 0.6 is 0 Å². The summed E-state index contributed by atoms with van der Waals surface area (Å²) >= 11 is 0. The van der Waals surface area contributed by atoms with Crippen molar-refractivity contribution in [3.05, 3.63) is 22.7 Å². The summed E-state index contributed by atoms with van der Waals surface area (Å²) in [7, 11) is 0. The number of aliphatic hydroxyl groups is 1. The van der Waals surface area contributed by atoms with Gasteiger partial charge in [0, 0.05) is 6.20 Å². The molecule has 0 aromatic carbocycles. The van der Waals surface area contributed by atoms with Crippen LogP contribution in [0.15, 0.2) is 17.1 Å². The lowest BCUT2D eigenvalue weighted by Crippen LogP contribution is -2.40. The van der Waals surface area contributed by atoms with Gasteiger partial charge in [0.25, 0.3) is 0 Å². The summed E-state index contributed by atoms with van der Waals surface area (Å²) < 4.78 is 11.7. The van der Waals surface area contributed by atoms with Gasteiger partial charge in [-0.2, -0.15) is 4.98 Å². The Kier molecular flexibility index (Phi) is 5.24. The molecule has 1 fully saturated rings. The fourth-order valence-corrected chi connectivity index (χ4v) is 1.90. The van der Waals surface area contributed by atoms with Crippen molar-refractivity contribution in [2.45, 2.75) is 32.4 Å². The normalized spacial score (nSPS) is 22.8. The van der Waals surface area contributed by atoms with Gasteiger partial charge in [0.15, 0.2) is 12.5 Å². The molecule has 0 saturated carbocycles. The Bertz CT molecular complexity index is 588. The minimum Gasteiger partial charge on any atom is -0.391 e. The largest absolute Gasteiger partial charge is 0.391 e. The first-order valence-corrected chi connectivity index (χ1v) is 6.96. The van der Waals surface area contributed by atoms with Crippen molar-refractivity contribution in [2.75, 3.05) is 18.5 Å². The van der Waals surface area contributed by atoms with E-state index in [-0.39, 0.29) is 24.9 Å². The molecular formula is C13H20N4O5. The fourth-order valence-electron chi connectivity index (χ4n) is 1.90. The number of anilines is 1. The summed E-state index contributed by atoms with van der Waals surface area (Å²) in [5.41, 5.74) is 5.13. The number of carbonyl (C=O) groups excluding carboxylic acids is 1. The van der Waals surface area contributed by atoms with Crippen molar-refractivity contribution in [2.24, 2.45) is 11.7 Å². The second-order valence-electron chi connectivity index (χ2n) is 5.30. The van der Waals surface area contributed by atoms with Gasteiger partial charge in [-0.15, -0.1) is 0 Å². The SMILES string of the molecule is CC(C)C(N)C(=O)Nc1ccn(C2COC(CO)O2)c(=O)n1. The standard InChI is InChI=1S/C13H20N4O5/c1-7(2)11(14)12(19)15-8-3-4-17(13(20)16-8)9-6-21-10(5-18)22-9/h3-4,7,9-11,18H,5-6,14H2,1-2H3,(H,15,16,19,20). The van der Waals surface area contributed by atoms with Crippen LogP contribution < -0.4 is 16.7 Å². The van der Waals surface area contributed by atoms with Crippen molar-refractivity contribution in [1.82, 2.24) is 9.55 Å². The number of aromatic nitrogens is 2. The van der Waals surface area contributed by atoms with E-state index in [1.54, 1.807) is 0 Å². The second-order valence-corrected chi connectivity index (χ2v) is 5.30. The van der Waals surface area contributed by atoms with Gasteiger partial charge in [-0.1, -0.05) is 13.8 Å². The van der Waals surface area contributed by atoms with Gasteiger partial charge in [0.2, 0.25) is 5.91 Å². The van der Waals surface area contributed by atoms with Crippen molar-refractivity contribution in [3.8, 4) is 0 Å². The summed E-state index contributed by atoms with van der Waals surface area (Å²) in [4.78, 5) is 27.6. The lowest BCUT2D eigenvalue weighted by atomic mass is 10.1. The quantitative estimate of drug-likeness (QED) is 0.638. The van der Waals surface area contributed by atoms with Crippen LogP contribution in [-0.2, 0) is 14.3 Å². The predicted octanol–water partition coefficient (Wildman–Crippen LogP) is -0.971. The van der Waals surface area contributed by atoms with Crippen molar-refractivity contribution < 1.29 is 19.4 Å². The highest BCUT2D eigenvalue weighted by molar-refractivity contribution is 5.93. The maximum absolute atomic E-state index is 12.0. The van der Waals surface area contributed by atoms with Gasteiger partial charge < -0.3 is 25.6 Å². The number of nitrogens with one attached hydrogen (secondary N) is 1. The van der Waals surface area contributed by atoms with Crippen molar-refractivity contribution in [1.29, 1.82) is 0 Å². The molecule has 1 aliphatic heterocycles. The van der Waals surface area contributed by atoms with Crippen LogP contribution in [0, 0.1) is 5.92 Å². The number of hydrogen-bond acceptors (Lipinski definition) is 7. The minimum atomic E-state index is -0.750. The Morgan fingerprint density at radius 3 is 2.91 bits per heavy atom. The average molecular weight is 312 g/mol. The number of amides is 1. The van der Waals surface area contributed by atoms with E-state index in [9.17, 15) is 9.59 Å². The number of carbonyl (C=O) groups is 1. The molecule has 1 saturated heterocycles. The smallest absolute Gasteiger partial charge is 0.351 e. The van der Waals surface area contributed by atoms with Crippen LogP contribution in [0.4, 0.5) is 5.82 Å². The molecule has 1 aromatic rings. The molecule has 0 radical (unpaired) electrons. The number of nitrogens with zero attached hydrogens (tertiary/aromatic N) is 2. The van der Waals surface area contributed by atoms with Crippen LogP contribution in [0.25, 0.3) is 0 Å². The first-order chi connectivity index (χ1) is 10.4. The lowest BCUT2D eigenvalue weighted by molar-refractivity contribution is -0.118. The zero-order valence-electron chi connectivity index (χ0n) is 12.4. The zero-order valence-corrected chi connectivity index (χ0v) is 12.4. The van der Waals surface area contributed by atoms with E-state index in [4.69, 9.17) is 20.3 Å². The Labute approximate surface area is 127 Å². The second kappa shape index (κ2) is 6.97. The third-order valence-corrected chi connectivity index (χ3v) is 3.30. The number of rotatable bonds is 5. The Balaban J connectivity index is 2.07. The Hall–Kier alpha value is -1.81. The van der Waals surface area contributed by atoms with Crippen molar-refractivity contribution in [3.63, 3.8) is 0 Å². The summed E-state index contributed by atoms with van der Waals surface area (Å²) in [5.74, 6) is -0.305. The highest BCUT2D eigenvalue weighted by Crippen LogP contribution is 2.19. The molecule has 2 heterocycles. The molecule has 122 valence electrons. The van der Waals surface area contributed by atoms with Gasteiger partial charge in [0.1, 0.15) is 5.82 Å². The summed E-state index contributed by atoms with van der Waals surface area (Å²) in [6, 6.07) is 0.795. The molecule has 0 bridgehead atoms. The van der Waals surface area contributed by atoms with Gasteiger partial charge in [-0.25, -0.2) is 4.79 Å². The molecule has 3 unspecified atom stereocenters. The van der Waals surface area contributed by atoms with Crippen LogP contribution in [0.3, 0.4) is 0 Å². The minimum absolute atomic E-state index is 0.0279. The third kappa shape index (κ3) is 3.69. The van der Waals surface area contributed by atoms with Gasteiger partial charge in [-0.05, 0) is 12.0 Å². The van der Waals surface area contributed by atoms with Crippen LogP contribution in [0.2, 0.25) is 0 Å². The van der Waals surface area contributed by atoms with E-state index in [1.165, 1.54) is 16.8 Å². The first-order valence-electron chi connectivity index (χ1n) is 6.96. The van der Waals surface area contributed by atoms with E-state index < -0.39 is 30.2 Å². The van der Waals surface area contributed by atoms with E-state index in [0.29, 0.717) is 0 Å². The highest BCUT2D eigenvalue weighted by atomic mass is 16.7. The maximum Gasteiger partial charge on any atom is 0.351 e. The summed E-state index contributed by atoms with van der Waals surface area (Å²) in [6.07, 6.45) is 0.0414. The van der Waals surface area contributed by atoms with Gasteiger partial charge in [0.05, 0.1) is 19.3 Å². The Morgan fingerprint density at radius 2 is 2.36 bits per heavy atom. The van der Waals surface area contributed by atoms with Gasteiger partial charge >= 0.3 is 5.69 Å². The number of ether oxygens (including phenoxy) is 2. The third-order valence-electron chi connectivity index (χ3n) is 3.30. The topological polar surface area (TPSA) is 129 Å². The molecular weight excluding hydrogens is 292 g/mol. The lowest BCUT2D eigenvalue weighted by Gasteiger charge is -2.16. The van der Waals surface area contributed by atoms with Crippen LogP contribution in [0.5, 0.6) is 0 Å². The molecule has 0 aliphatic carbocycles. The molecule has 9 heteroatoms. The number of hydrogen-bond donors (Lipinski definition) is 3. The van der Waals surface area contributed by atoms with E-state index in [0.717, 1.165) is 0 Å². The fraction of sp³-hybridized carbons (Fsp3) is 0.615. The number of nitrogens with two attached hydrogens (primary N) is 1. The summed E-state index contributed by atoms with van der Waals surface area (Å²) in [5, 5.41) is 11.4. The van der Waals surface area contributed by atoms with E-state index in [2.05, 4.69) is 10.3 Å². The van der Waals surface area contributed by atoms with Crippen LogP contribution in [0.1, 0.15) is 20.1 Å². The van der Waals surface area contributed by atoms with E-state index in [1.807, 2.05) is 13.8 Å². The van der Waals surface area contributed by atoms with Crippen LogP contribution in [-0.4, -0.2) is 46.1 Å².